The normalized spacial score (nSPS) is 64.0. The van der Waals surface area contributed by atoms with Gasteiger partial charge in [0.25, 0.3) is 0 Å². The van der Waals surface area contributed by atoms with Gasteiger partial charge in [0.1, 0.15) is 15.5 Å². The van der Waals surface area contributed by atoms with E-state index in [1.54, 1.807) is 0 Å². The van der Waals surface area contributed by atoms with Crippen LogP contribution in [0.5, 0.6) is 0 Å². The molecule has 1 heterocycles. The SMILES string of the molecule is O=C1[C@@H]2[C@@H]3O[C@@H]3[C@@H]1[C@H]1[C@@H]2[C@]2(Cl)C(Cl)=C(Cl)[C@]1(Cl)C2(Cl)Cl. The average molecular weight is 395 g/mol. The van der Waals surface area contributed by atoms with E-state index in [1.165, 1.54) is 0 Å². The first-order valence-corrected chi connectivity index (χ1v) is 8.48. The van der Waals surface area contributed by atoms with Crippen molar-refractivity contribution in [1.29, 1.82) is 0 Å². The van der Waals surface area contributed by atoms with Crippen LogP contribution >= 0.6 is 69.6 Å². The summed E-state index contributed by atoms with van der Waals surface area (Å²) in [6, 6.07) is 0. The number of carbonyl (C=O) groups excluding carboxylic acids is 1. The highest BCUT2D eigenvalue weighted by Crippen LogP contribution is 2.83. The zero-order chi connectivity index (χ0) is 14.4. The molecule has 2 nitrogen and oxygen atoms in total. The minimum Gasteiger partial charge on any atom is -0.368 e. The van der Waals surface area contributed by atoms with Crippen LogP contribution in [0.2, 0.25) is 0 Å². The summed E-state index contributed by atoms with van der Waals surface area (Å²) >= 11 is 39.1. The van der Waals surface area contributed by atoms with Crippen molar-refractivity contribution in [3.63, 3.8) is 0 Å². The molecular weight excluding hydrogens is 389 g/mol. The van der Waals surface area contributed by atoms with Gasteiger partial charge in [-0.05, 0) is 0 Å². The molecule has 0 aromatic carbocycles. The molecule has 8 atom stereocenters. The van der Waals surface area contributed by atoms with E-state index < -0.39 is 14.1 Å². The second-order valence-corrected chi connectivity index (χ2v) is 9.47. The molecule has 0 spiro atoms. The zero-order valence-electron chi connectivity index (χ0n) is 9.55. The summed E-state index contributed by atoms with van der Waals surface area (Å²) in [5, 5.41) is 0.333. The van der Waals surface area contributed by atoms with Crippen LogP contribution in [0.15, 0.2) is 10.1 Å². The molecule has 5 rings (SSSR count). The van der Waals surface area contributed by atoms with Crippen LogP contribution in [0, 0.1) is 23.7 Å². The topological polar surface area (TPSA) is 29.6 Å². The summed E-state index contributed by atoms with van der Waals surface area (Å²) in [6.45, 7) is 0. The van der Waals surface area contributed by atoms with Gasteiger partial charge in [-0.15, -0.1) is 23.2 Å². The van der Waals surface area contributed by atoms with Crippen LogP contribution in [0.1, 0.15) is 0 Å². The number of epoxide rings is 1. The molecule has 8 heteroatoms. The summed E-state index contributed by atoms with van der Waals surface area (Å²) in [5.41, 5.74) is 0. The number of rotatable bonds is 0. The quantitative estimate of drug-likeness (QED) is 0.356. The Bertz CT molecular complexity index is 583. The fraction of sp³-hybridized carbons (Fsp3) is 0.750. The van der Waals surface area contributed by atoms with E-state index in [4.69, 9.17) is 74.3 Å². The van der Waals surface area contributed by atoms with Crippen LogP contribution in [0.3, 0.4) is 0 Å². The fourth-order valence-corrected chi connectivity index (χ4v) is 8.11. The smallest absolute Gasteiger partial charge is 0.166 e. The molecule has 5 aliphatic rings. The second kappa shape index (κ2) is 3.31. The summed E-state index contributed by atoms with van der Waals surface area (Å²) < 4.78 is 4.03. The average Bonchev–Trinajstić information content (AvgIpc) is 3.01. The summed E-state index contributed by atoms with van der Waals surface area (Å²) in [7, 11) is 0. The Morgan fingerprint density at radius 2 is 1.25 bits per heavy atom. The number of allylic oxidation sites excluding steroid dienone is 2. The summed E-state index contributed by atoms with van der Waals surface area (Å²) in [6.07, 6.45) is -0.173. The van der Waals surface area contributed by atoms with Crippen molar-refractivity contribution in [1.82, 2.24) is 0 Å². The van der Waals surface area contributed by atoms with Crippen molar-refractivity contribution < 1.29 is 9.53 Å². The number of alkyl halides is 4. The van der Waals surface area contributed by atoms with E-state index >= 15 is 0 Å². The molecule has 0 radical (unpaired) electrons. The molecule has 108 valence electrons. The largest absolute Gasteiger partial charge is 0.368 e. The van der Waals surface area contributed by atoms with Crippen molar-refractivity contribution in [2.45, 2.75) is 26.3 Å². The number of carbonyl (C=O) groups is 1. The first-order valence-electron chi connectivity index (χ1n) is 6.21. The molecule has 0 unspecified atom stereocenters. The predicted molar refractivity (Wildman–Crippen MR) is 78.0 cm³/mol. The Kier molecular flexibility index (Phi) is 2.24. The number of ether oxygens (including phenoxy) is 1. The minimum absolute atomic E-state index is 0.0867. The number of halogens is 6. The number of fused-ring (bicyclic) bond motifs is 12. The van der Waals surface area contributed by atoms with Crippen LogP contribution in [0.4, 0.5) is 0 Å². The molecule has 0 N–H and O–H groups in total. The van der Waals surface area contributed by atoms with E-state index in [-0.39, 0.29) is 51.7 Å². The molecule has 1 aliphatic heterocycles. The molecule has 0 amide bonds. The van der Waals surface area contributed by atoms with Crippen LogP contribution < -0.4 is 0 Å². The van der Waals surface area contributed by atoms with E-state index in [0.717, 1.165) is 0 Å². The lowest BCUT2D eigenvalue weighted by Crippen LogP contribution is -2.47. The van der Waals surface area contributed by atoms with Gasteiger partial charge in [0.2, 0.25) is 0 Å². The van der Waals surface area contributed by atoms with Gasteiger partial charge in [-0.2, -0.15) is 0 Å². The van der Waals surface area contributed by atoms with Crippen molar-refractivity contribution in [2.24, 2.45) is 23.7 Å². The molecule has 20 heavy (non-hydrogen) atoms. The maximum Gasteiger partial charge on any atom is 0.166 e. The van der Waals surface area contributed by atoms with Crippen molar-refractivity contribution in [3.05, 3.63) is 10.1 Å². The molecule has 1 saturated heterocycles. The third-order valence-corrected chi connectivity index (χ3v) is 10.0. The Balaban J connectivity index is 1.82. The Morgan fingerprint density at radius 1 is 0.850 bits per heavy atom. The first-order chi connectivity index (χ1) is 9.20. The Morgan fingerprint density at radius 3 is 1.65 bits per heavy atom. The van der Waals surface area contributed by atoms with E-state index in [9.17, 15) is 4.79 Å². The Labute approximate surface area is 144 Å². The van der Waals surface area contributed by atoms with Crippen molar-refractivity contribution >= 4 is 75.4 Å². The van der Waals surface area contributed by atoms with Gasteiger partial charge in [-0.25, -0.2) is 0 Å². The monoisotopic (exact) mass is 392 g/mol. The van der Waals surface area contributed by atoms with E-state index in [1.807, 2.05) is 0 Å². The Hall–Kier alpha value is 1.11. The molecule has 3 saturated carbocycles. The van der Waals surface area contributed by atoms with Crippen LogP contribution in [0.25, 0.3) is 0 Å². The third kappa shape index (κ3) is 0.953. The van der Waals surface area contributed by atoms with Gasteiger partial charge in [0, 0.05) is 11.8 Å². The van der Waals surface area contributed by atoms with Crippen molar-refractivity contribution in [3.8, 4) is 0 Å². The van der Waals surface area contributed by atoms with Crippen LogP contribution in [-0.4, -0.2) is 32.1 Å². The van der Waals surface area contributed by atoms with Crippen LogP contribution in [-0.2, 0) is 9.53 Å². The highest BCUT2D eigenvalue weighted by Gasteiger charge is 2.91. The predicted octanol–water partition coefficient (Wildman–Crippen LogP) is 3.66. The number of hydrogen-bond donors (Lipinski definition) is 0. The van der Waals surface area contributed by atoms with Crippen molar-refractivity contribution in [2.75, 3.05) is 0 Å². The minimum atomic E-state index is -1.54. The van der Waals surface area contributed by atoms with Gasteiger partial charge < -0.3 is 4.74 Å². The number of hydrogen-bond acceptors (Lipinski definition) is 2. The highest BCUT2D eigenvalue weighted by molar-refractivity contribution is 6.65. The molecule has 0 aromatic heterocycles. The first kappa shape index (κ1) is 13.5. The van der Waals surface area contributed by atoms with E-state index in [2.05, 4.69) is 0 Å². The number of Topliss-reactive ketones (excluding diaryl/α,β-unsaturated/α-hetero) is 1. The fourth-order valence-electron chi connectivity index (χ4n) is 5.03. The summed E-state index contributed by atoms with van der Waals surface area (Å²) in [4.78, 5) is 9.81. The zero-order valence-corrected chi connectivity index (χ0v) is 14.1. The highest BCUT2D eigenvalue weighted by atomic mass is 35.5. The van der Waals surface area contributed by atoms with Gasteiger partial charge in [-0.1, -0.05) is 46.4 Å². The lowest BCUT2D eigenvalue weighted by atomic mass is 9.73. The van der Waals surface area contributed by atoms with Gasteiger partial charge >= 0.3 is 0 Å². The lowest BCUT2D eigenvalue weighted by molar-refractivity contribution is -0.125. The molecule has 0 aromatic rings. The van der Waals surface area contributed by atoms with Gasteiger partial charge in [0.15, 0.2) is 4.33 Å². The second-order valence-electron chi connectivity index (χ2n) is 6.20. The van der Waals surface area contributed by atoms with E-state index in [0.29, 0.717) is 0 Å². The van der Waals surface area contributed by atoms with Gasteiger partial charge in [-0.3, -0.25) is 4.79 Å². The maximum atomic E-state index is 12.5. The molecular formula is C12H6Cl6O2. The standard InChI is InChI=1S/C12H6Cl6O2/c13-8-9(14)11(16)4-2-5(19)1(6-7(2)20-6)3(4)10(8,15)12(11,17)18/h1-4,6-7H/t1-,2-,3-,4+,6+,7-,10+,11+/m1/s1. The molecule has 4 aliphatic carbocycles. The molecule has 4 bridgehead atoms. The summed E-state index contributed by atoms with van der Waals surface area (Å²) in [5.74, 6) is -1.18. The van der Waals surface area contributed by atoms with Gasteiger partial charge in [0.05, 0.1) is 34.1 Å². The lowest BCUT2D eigenvalue weighted by Gasteiger charge is -2.36. The third-order valence-electron chi connectivity index (χ3n) is 5.75. The number of ketones is 1. The molecule has 4 fully saturated rings. The maximum absolute atomic E-state index is 12.5.